The zero-order valence-electron chi connectivity index (χ0n) is 22.7. The van der Waals surface area contributed by atoms with Crippen molar-refractivity contribution in [2.75, 3.05) is 7.11 Å². The Morgan fingerprint density at radius 2 is 1.56 bits per heavy atom. The number of ether oxygens (including phenoxy) is 2. The third-order valence-corrected chi connectivity index (χ3v) is 9.78. The second-order valence-electron chi connectivity index (χ2n) is 10.2. The third-order valence-electron chi connectivity index (χ3n) is 6.75. The van der Waals surface area contributed by atoms with E-state index in [1.807, 2.05) is 13.0 Å². The molecule has 9 heteroatoms. The molecule has 1 rings (SSSR count). The van der Waals surface area contributed by atoms with Crippen molar-refractivity contribution in [1.82, 2.24) is 0 Å². The Morgan fingerprint density at radius 3 is 2.06 bits per heavy atom. The van der Waals surface area contributed by atoms with Gasteiger partial charge in [0.2, 0.25) is 0 Å². The predicted octanol–water partition coefficient (Wildman–Crippen LogP) is 7.28. The molecule has 1 aliphatic rings. The summed E-state index contributed by atoms with van der Waals surface area (Å²) < 4.78 is 54.3. The van der Waals surface area contributed by atoms with Crippen LogP contribution < -0.4 is 0 Å². The number of hydrogen-bond donors (Lipinski definition) is 1. The van der Waals surface area contributed by atoms with Gasteiger partial charge in [-0.05, 0) is 85.0 Å². The number of carbonyl (C=O) groups excluding carboxylic acids is 1. The fraction of sp³-hybridized carbons (Fsp3) is 0.741. The summed E-state index contributed by atoms with van der Waals surface area (Å²) in [7, 11) is -5.44. The fourth-order valence-corrected chi connectivity index (χ4v) is 6.09. The molecule has 0 spiro atoms. The standard InChI is InChI=1S/C27H45O7PS/c1-21(2)12-9-13-22(3)14-10-15-23(4)16-11-19-25(27(33-5,35-29)36(30,31)32)34-26(28)20-24-17-7-6-8-18-24/h12,14,16,24-25H,6-11,13,15,17-20H2,1-5H3,(H,30,31,32)/p+1. The van der Waals surface area contributed by atoms with E-state index in [0.717, 1.165) is 70.5 Å². The Kier molecular flexibility index (Phi) is 15.0. The lowest BCUT2D eigenvalue weighted by Gasteiger charge is -2.27. The number of allylic oxidation sites excluding steroid dienone is 6. The molecule has 7 nitrogen and oxygen atoms in total. The van der Waals surface area contributed by atoms with Crippen LogP contribution in [0.4, 0.5) is 0 Å². The molecule has 0 bridgehead atoms. The van der Waals surface area contributed by atoms with Crippen LogP contribution in [0.3, 0.4) is 0 Å². The molecule has 0 saturated heterocycles. The van der Waals surface area contributed by atoms with E-state index in [9.17, 15) is 22.3 Å². The highest BCUT2D eigenvalue weighted by atomic mass is 32.2. The van der Waals surface area contributed by atoms with Crippen LogP contribution in [0.5, 0.6) is 0 Å². The summed E-state index contributed by atoms with van der Waals surface area (Å²) in [6.07, 6.45) is 14.6. The zero-order valence-corrected chi connectivity index (χ0v) is 24.5. The number of carbonyl (C=O) groups is 1. The maximum absolute atomic E-state index is 12.7. The van der Waals surface area contributed by atoms with Crippen molar-refractivity contribution in [2.45, 2.75) is 116 Å². The van der Waals surface area contributed by atoms with Crippen molar-refractivity contribution in [2.24, 2.45) is 5.92 Å². The summed E-state index contributed by atoms with van der Waals surface area (Å²) in [5, 5.41) is 0. The molecule has 0 aromatic carbocycles. The Hall–Kier alpha value is -1.34. The van der Waals surface area contributed by atoms with Gasteiger partial charge in [0, 0.05) is 13.5 Å². The molecule has 1 aliphatic carbocycles. The summed E-state index contributed by atoms with van der Waals surface area (Å²) in [5.74, 6) is -0.352. The molecule has 0 radical (unpaired) electrons. The van der Waals surface area contributed by atoms with E-state index in [1.54, 1.807) is 0 Å². The Balaban J connectivity index is 2.81. The Labute approximate surface area is 219 Å². The molecule has 0 heterocycles. The molecule has 206 valence electrons. The van der Waals surface area contributed by atoms with Gasteiger partial charge in [-0.2, -0.15) is 8.42 Å². The zero-order chi connectivity index (χ0) is 27.2. The van der Waals surface area contributed by atoms with Crippen LogP contribution in [-0.2, 0) is 29.0 Å². The fourth-order valence-electron chi connectivity index (χ4n) is 4.54. The van der Waals surface area contributed by atoms with Gasteiger partial charge in [0.05, 0.1) is 0 Å². The second kappa shape index (κ2) is 16.5. The highest BCUT2D eigenvalue weighted by Crippen LogP contribution is 2.38. The summed E-state index contributed by atoms with van der Waals surface area (Å²) >= 11 is 0. The van der Waals surface area contributed by atoms with Crippen LogP contribution in [0, 0.1) is 5.92 Å². The molecule has 0 amide bonds. The van der Waals surface area contributed by atoms with Gasteiger partial charge in [-0.1, -0.05) is 58.8 Å². The number of esters is 1. The topological polar surface area (TPSA) is 107 Å². The van der Waals surface area contributed by atoms with Crippen LogP contribution >= 0.6 is 8.46 Å². The lowest BCUT2D eigenvalue weighted by atomic mass is 9.87. The first kappa shape index (κ1) is 32.7. The van der Waals surface area contributed by atoms with Gasteiger partial charge in [-0.3, -0.25) is 9.35 Å². The average molecular weight is 546 g/mol. The van der Waals surface area contributed by atoms with Gasteiger partial charge in [-0.15, -0.1) is 0 Å². The van der Waals surface area contributed by atoms with Gasteiger partial charge in [-0.25, -0.2) is 0 Å². The molecule has 0 aromatic heterocycles. The van der Waals surface area contributed by atoms with E-state index in [2.05, 4.69) is 32.9 Å². The Bertz CT molecular complexity index is 897. The average Bonchev–Trinajstić information content (AvgIpc) is 2.79. The van der Waals surface area contributed by atoms with Crippen molar-refractivity contribution in [1.29, 1.82) is 0 Å². The minimum Gasteiger partial charge on any atom is -0.453 e. The van der Waals surface area contributed by atoms with E-state index in [1.165, 1.54) is 11.1 Å². The SMILES string of the molecule is COC([PH+]=O)(C(CCC=C(C)CCC=C(C)CCC=C(C)C)OC(=O)CC1CCCCC1)S(=O)(=O)O. The molecule has 3 unspecified atom stereocenters. The van der Waals surface area contributed by atoms with Crippen LogP contribution in [0.2, 0.25) is 0 Å². The van der Waals surface area contributed by atoms with Crippen LogP contribution in [0.25, 0.3) is 0 Å². The quantitative estimate of drug-likeness (QED) is 0.0940. The van der Waals surface area contributed by atoms with Crippen molar-refractivity contribution in [3.63, 3.8) is 0 Å². The molecule has 36 heavy (non-hydrogen) atoms. The number of hydrogen-bond acceptors (Lipinski definition) is 6. The first-order valence-corrected chi connectivity index (χ1v) is 15.4. The monoisotopic (exact) mass is 545 g/mol. The highest BCUT2D eigenvalue weighted by molar-refractivity contribution is 7.91. The summed E-state index contributed by atoms with van der Waals surface area (Å²) in [4.78, 5) is 12.7. The van der Waals surface area contributed by atoms with Gasteiger partial charge < -0.3 is 9.47 Å². The molecule has 3 atom stereocenters. The predicted molar refractivity (Wildman–Crippen MR) is 146 cm³/mol. The van der Waals surface area contributed by atoms with E-state index in [-0.39, 0.29) is 18.8 Å². The maximum Gasteiger partial charge on any atom is 0.423 e. The molecule has 0 aliphatic heterocycles. The first-order valence-electron chi connectivity index (χ1n) is 13.0. The van der Waals surface area contributed by atoms with Crippen LogP contribution in [0.1, 0.15) is 105 Å². The van der Waals surface area contributed by atoms with E-state index in [0.29, 0.717) is 6.42 Å². The molecular formula is C27H46O7PS+. The van der Waals surface area contributed by atoms with Crippen LogP contribution in [-0.4, -0.2) is 36.8 Å². The van der Waals surface area contributed by atoms with Crippen molar-refractivity contribution in [3.05, 3.63) is 34.9 Å². The van der Waals surface area contributed by atoms with Gasteiger partial charge in [0.1, 0.15) is 0 Å². The van der Waals surface area contributed by atoms with E-state index >= 15 is 0 Å². The first-order chi connectivity index (χ1) is 16.9. The van der Waals surface area contributed by atoms with E-state index < -0.39 is 35.3 Å². The van der Waals surface area contributed by atoms with Gasteiger partial charge >= 0.3 is 29.2 Å². The molecule has 1 fully saturated rings. The lowest BCUT2D eigenvalue weighted by Crippen LogP contribution is -2.48. The van der Waals surface area contributed by atoms with Crippen molar-refractivity contribution in [3.8, 4) is 0 Å². The lowest BCUT2D eigenvalue weighted by molar-refractivity contribution is -0.156. The minimum absolute atomic E-state index is 0.0637. The minimum atomic E-state index is -4.92. The molecular weight excluding hydrogens is 499 g/mol. The van der Waals surface area contributed by atoms with Crippen molar-refractivity contribution >= 4 is 24.5 Å². The normalized spacial score (nSPS) is 18.5. The maximum atomic E-state index is 12.7. The van der Waals surface area contributed by atoms with Crippen molar-refractivity contribution < 1.29 is 31.8 Å². The third kappa shape index (κ3) is 11.4. The second-order valence-corrected chi connectivity index (χ2v) is 13.0. The summed E-state index contributed by atoms with van der Waals surface area (Å²) in [6.45, 7) is 8.32. The highest BCUT2D eigenvalue weighted by Gasteiger charge is 2.61. The number of methoxy groups -OCH3 is 1. The van der Waals surface area contributed by atoms with E-state index in [4.69, 9.17) is 9.47 Å². The largest absolute Gasteiger partial charge is 0.453 e. The summed E-state index contributed by atoms with van der Waals surface area (Å²) in [5.41, 5.74) is 3.79. The molecule has 1 N–H and O–H groups in total. The smallest absolute Gasteiger partial charge is 0.423 e. The summed E-state index contributed by atoms with van der Waals surface area (Å²) in [6, 6.07) is 0. The van der Waals surface area contributed by atoms with Crippen LogP contribution in [0.15, 0.2) is 34.9 Å². The Morgan fingerprint density at radius 1 is 1.00 bits per heavy atom. The van der Waals surface area contributed by atoms with Gasteiger partial charge in [0.25, 0.3) is 0 Å². The number of rotatable bonds is 16. The van der Waals surface area contributed by atoms with Gasteiger partial charge in [0.15, 0.2) is 6.10 Å². The molecule has 0 aromatic rings. The molecule has 1 saturated carbocycles.